The van der Waals surface area contributed by atoms with Crippen molar-refractivity contribution < 1.29 is 14.6 Å². The van der Waals surface area contributed by atoms with Crippen LogP contribution in [-0.4, -0.2) is 19.3 Å². The lowest BCUT2D eigenvalue weighted by Gasteiger charge is -2.12. The number of aliphatic hydroxyl groups is 1. The summed E-state index contributed by atoms with van der Waals surface area (Å²) >= 11 is 4.88. The van der Waals surface area contributed by atoms with Crippen LogP contribution in [0.5, 0.6) is 11.5 Å². The van der Waals surface area contributed by atoms with Gasteiger partial charge < -0.3 is 14.6 Å². The first kappa shape index (κ1) is 13.4. The second-order valence-corrected chi connectivity index (χ2v) is 5.57. The number of methoxy groups -OCH3 is 2. The molecule has 1 aromatic heterocycles. The number of ether oxygens (including phenoxy) is 2. The van der Waals surface area contributed by atoms with Crippen molar-refractivity contribution in [3.05, 3.63) is 44.6 Å². The van der Waals surface area contributed by atoms with Gasteiger partial charge in [0.25, 0.3) is 0 Å². The fourth-order valence-electron chi connectivity index (χ4n) is 1.62. The maximum absolute atomic E-state index is 10.3. The third-order valence-electron chi connectivity index (χ3n) is 2.55. The molecule has 0 amide bonds. The van der Waals surface area contributed by atoms with Crippen LogP contribution in [0.3, 0.4) is 0 Å². The van der Waals surface area contributed by atoms with E-state index in [1.54, 1.807) is 32.4 Å². The van der Waals surface area contributed by atoms with Crippen LogP contribution in [0.25, 0.3) is 0 Å². The Hall–Kier alpha value is -1.04. The van der Waals surface area contributed by atoms with Crippen LogP contribution in [0.1, 0.15) is 16.5 Å². The minimum absolute atomic E-state index is 0.666. The van der Waals surface area contributed by atoms with Crippen molar-refractivity contribution in [1.82, 2.24) is 0 Å². The quantitative estimate of drug-likeness (QED) is 0.931. The highest BCUT2D eigenvalue weighted by Gasteiger charge is 2.15. The highest BCUT2D eigenvalue weighted by atomic mass is 79.9. The van der Waals surface area contributed by atoms with Crippen molar-refractivity contribution in [3.8, 4) is 11.5 Å². The maximum atomic E-state index is 10.3. The summed E-state index contributed by atoms with van der Waals surface area (Å²) in [5.41, 5.74) is 0.751. The number of thiophene rings is 1. The standard InChI is InChI=1S/C13H13BrO3S/c1-16-10-3-8(4-11(6-10)17-2)13(15)12-5-9(14)7-18-12/h3-7,13,15H,1-2H3. The molecule has 2 rings (SSSR count). The molecule has 2 aromatic rings. The molecule has 1 heterocycles. The van der Waals surface area contributed by atoms with Gasteiger partial charge >= 0.3 is 0 Å². The van der Waals surface area contributed by atoms with E-state index in [9.17, 15) is 5.11 Å². The maximum Gasteiger partial charge on any atom is 0.122 e. The highest BCUT2D eigenvalue weighted by Crippen LogP contribution is 2.33. The average Bonchev–Trinajstić information content (AvgIpc) is 2.83. The van der Waals surface area contributed by atoms with E-state index in [2.05, 4.69) is 15.9 Å². The molecular weight excluding hydrogens is 316 g/mol. The first-order valence-electron chi connectivity index (χ1n) is 5.29. The summed E-state index contributed by atoms with van der Waals surface area (Å²) in [7, 11) is 3.18. The van der Waals surface area contributed by atoms with Crippen LogP contribution in [0.15, 0.2) is 34.1 Å². The summed E-state index contributed by atoms with van der Waals surface area (Å²) in [6, 6.07) is 7.30. The van der Waals surface area contributed by atoms with E-state index in [4.69, 9.17) is 9.47 Å². The number of benzene rings is 1. The molecule has 0 aliphatic heterocycles. The molecule has 18 heavy (non-hydrogen) atoms. The number of hydrogen-bond donors (Lipinski definition) is 1. The van der Waals surface area contributed by atoms with Gasteiger partial charge in [0.05, 0.1) is 14.2 Å². The Balaban J connectivity index is 2.37. The van der Waals surface area contributed by atoms with Crippen LogP contribution < -0.4 is 9.47 Å². The van der Waals surface area contributed by atoms with Crippen molar-refractivity contribution in [2.24, 2.45) is 0 Å². The summed E-state index contributed by atoms with van der Waals surface area (Å²) < 4.78 is 11.4. The molecule has 0 saturated carbocycles. The molecule has 0 radical (unpaired) electrons. The Labute approximate surface area is 118 Å². The summed E-state index contributed by atoms with van der Waals surface area (Å²) in [6.07, 6.45) is -0.676. The van der Waals surface area contributed by atoms with E-state index >= 15 is 0 Å². The van der Waals surface area contributed by atoms with E-state index in [0.717, 1.165) is 14.9 Å². The first-order valence-corrected chi connectivity index (χ1v) is 6.96. The van der Waals surface area contributed by atoms with Crippen molar-refractivity contribution in [1.29, 1.82) is 0 Å². The van der Waals surface area contributed by atoms with Crippen molar-refractivity contribution in [3.63, 3.8) is 0 Å². The van der Waals surface area contributed by atoms with Crippen LogP contribution in [0, 0.1) is 0 Å². The Morgan fingerprint density at radius 3 is 2.17 bits per heavy atom. The molecule has 0 spiro atoms. The topological polar surface area (TPSA) is 38.7 Å². The molecule has 1 N–H and O–H groups in total. The smallest absolute Gasteiger partial charge is 0.122 e. The van der Waals surface area contributed by atoms with E-state index in [0.29, 0.717) is 11.5 Å². The van der Waals surface area contributed by atoms with E-state index in [1.807, 2.05) is 11.4 Å². The van der Waals surface area contributed by atoms with E-state index in [-0.39, 0.29) is 0 Å². The van der Waals surface area contributed by atoms with Gasteiger partial charge in [-0.2, -0.15) is 0 Å². The zero-order valence-electron chi connectivity index (χ0n) is 10.0. The molecule has 3 nitrogen and oxygen atoms in total. The van der Waals surface area contributed by atoms with Crippen molar-refractivity contribution >= 4 is 27.3 Å². The van der Waals surface area contributed by atoms with E-state index < -0.39 is 6.10 Å². The molecule has 1 atom stereocenters. The Bertz CT molecular complexity index is 517. The SMILES string of the molecule is COc1cc(OC)cc(C(O)c2cc(Br)cs2)c1. The highest BCUT2D eigenvalue weighted by molar-refractivity contribution is 9.10. The second kappa shape index (κ2) is 5.73. The number of rotatable bonds is 4. The average molecular weight is 329 g/mol. The van der Waals surface area contributed by atoms with Gasteiger partial charge in [0, 0.05) is 20.8 Å². The second-order valence-electron chi connectivity index (χ2n) is 3.72. The lowest BCUT2D eigenvalue weighted by Crippen LogP contribution is -1.99. The van der Waals surface area contributed by atoms with Crippen molar-refractivity contribution in [2.75, 3.05) is 14.2 Å². The number of aliphatic hydroxyl groups excluding tert-OH is 1. The Kier molecular flexibility index (Phi) is 4.27. The van der Waals surface area contributed by atoms with Gasteiger partial charge in [-0.15, -0.1) is 11.3 Å². The molecular formula is C13H13BrO3S. The third kappa shape index (κ3) is 2.85. The van der Waals surface area contributed by atoms with Gasteiger partial charge in [0.15, 0.2) is 0 Å². The molecule has 0 aliphatic rings. The van der Waals surface area contributed by atoms with Gasteiger partial charge in [-0.1, -0.05) is 0 Å². The fourth-order valence-corrected chi connectivity index (χ4v) is 3.08. The summed E-state index contributed by atoms with van der Waals surface area (Å²) in [4.78, 5) is 0.872. The molecule has 0 saturated heterocycles. The molecule has 0 fully saturated rings. The van der Waals surface area contributed by atoms with E-state index in [1.165, 1.54) is 11.3 Å². The molecule has 1 aromatic carbocycles. The summed E-state index contributed by atoms with van der Waals surface area (Å²) in [5.74, 6) is 1.33. The van der Waals surface area contributed by atoms with Gasteiger partial charge in [0.2, 0.25) is 0 Å². The summed E-state index contributed by atoms with van der Waals surface area (Å²) in [6.45, 7) is 0. The minimum atomic E-state index is -0.676. The number of hydrogen-bond acceptors (Lipinski definition) is 4. The number of halogens is 1. The zero-order chi connectivity index (χ0) is 13.1. The molecule has 96 valence electrons. The Morgan fingerprint density at radius 2 is 1.72 bits per heavy atom. The molecule has 0 aliphatic carbocycles. The lowest BCUT2D eigenvalue weighted by atomic mass is 10.1. The predicted octanol–water partition coefficient (Wildman–Crippen LogP) is 3.61. The molecule has 0 bridgehead atoms. The normalized spacial score (nSPS) is 12.2. The van der Waals surface area contributed by atoms with Crippen LogP contribution in [0.4, 0.5) is 0 Å². The van der Waals surface area contributed by atoms with Gasteiger partial charge in [-0.3, -0.25) is 0 Å². The third-order valence-corrected chi connectivity index (χ3v) is 4.29. The van der Waals surface area contributed by atoms with Crippen molar-refractivity contribution in [2.45, 2.75) is 6.10 Å². The monoisotopic (exact) mass is 328 g/mol. The zero-order valence-corrected chi connectivity index (χ0v) is 12.4. The van der Waals surface area contributed by atoms with Gasteiger partial charge in [-0.25, -0.2) is 0 Å². The fraction of sp³-hybridized carbons (Fsp3) is 0.231. The Morgan fingerprint density at radius 1 is 1.11 bits per heavy atom. The van der Waals surface area contributed by atoms with Crippen LogP contribution >= 0.6 is 27.3 Å². The first-order chi connectivity index (χ1) is 8.63. The molecule has 5 heteroatoms. The van der Waals surface area contributed by atoms with Gasteiger partial charge in [-0.05, 0) is 39.7 Å². The predicted molar refractivity (Wildman–Crippen MR) is 75.6 cm³/mol. The summed E-state index contributed by atoms with van der Waals surface area (Å²) in [5, 5.41) is 12.3. The minimum Gasteiger partial charge on any atom is -0.497 e. The largest absolute Gasteiger partial charge is 0.497 e. The van der Waals surface area contributed by atoms with Crippen LogP contribution in [-0.2, 0) is 0 Å². The van der Waals surface area contributed by atoms with Gasteiger partial charge in [0.1, 0.15) is 17.6 Å². The lowest BCUT2D eigenvalue weighted by molar-refractivity contribution is 0.223. The molecule has 1 unspecified atom stereocenters. The van der Waals surface area contributed by atoms with Crippen LogP contribution in [0.2, 0.25) is 0 Å².